The monoisotopic (exact) mass is 326 g/mol. The molecule has 0 aliphatic carbocycles. The van der Waals surface area contributed by atoms with E-state index in [1.165, 1.54) is 0 Å². The smallest absolute Gasteiger partial charge is 0.256 e. The Balaban J connectivity index is 2.10. The van der Waals surface area contributed by atoms with E-state index in [0.717, 1.165) is 19.4 Å². The van der Waals surface area contributed by atoms with E-state index < -0.39 is 0 Å². The van der Waals surface area contributed by atoms with Gasteiger partial charge in [-0.3, -0.25) is 14.6 Å². The number of nitrogens with zero attached hydrogens (tertiary/aromatic N) is 2. The lowest BCUT2D eigenvalue weighted by Gasteiger charge is -2.13. The molecule has 2 aromatic heterocycles. The zero-order valence-electron chi connectivity index (χ0n) is 14.0. The van der Waals surface area contributed by atoms with E-state index in [2.05, 4.69) is 20.6 Å². The number of carbonyl (C=O) groups is 2. The van der Waals surface area contributed by atoms with Crippen molar-refractivity contribution in [1.29, 1.82) is 0 Å². The summed E-state index contributed by atoms with van der Waals surface area (Å²) in [6, 6.07) is 8.33. The van der Waals surface area contributed by atoms with Crippen LogP contribution in [0.5, 0.6) is 0 Å². The zero-order chi connectivity index (χ0) is 17.4. The fourth-order valence-corrected chi connectivity index (χ4v) is 2.38. The third-order valence-corrected chi connectivity index (χ3v) is 3.79. The minimum atomic E-state index is -0.281. The summed E-state index contributed by atoms with van der Waals surface area (Å²) < 4.78 is 0. The van der Waals surface area contributed by atoms with E-state index in [9.17, 15) is 9.59 Å². The number of hydrogen-bond donors (Lipinski definition) is 2. The van der Waals surface area contributed by atoms with Crippen LogP contribution in [0.1, 0.15) is 40.6 Å². The number of aromatic nitrogens is 2. The van der Waals surface area contributed by atoms with Crippen LogP contribution in [0.2, 0.25) is 0 Å². The maximum atomic E-state index is 12.6. The molecule has 6 heteroatoms. The summed E-state index contributed by atoms with van der Waals surface area (Å²) >= 11 is 0. The van der Waals surface area contributed by atoms with E-state index in [0.29, 0.717) is 17.1 Å². The molecular weight excluding hydrogens is 304 g/mol. The largest absolute Gasteiger partial charge is 0.320 e. The number of carbonyl (C=O) groups excluding carboxylic acids is 2. The van der Waals surface area contributed by atoms with Crippen molar-refractivity contribution < 1.29 is 9.59 Å². The van der Waals surface area contributed by atoms with E-state index in [-0.39, 0.29) is 17.6 Å². The molecule has 0 saturated heterocycles. The highest BCUT2D eigenvalue weighted by Crippen LogP contribution is 2.16. The molecule has 0 aliphatic rings. The molecule has 0 saturated carbocycles. The van der Waals surface area contributed by atoms with Crippen molar-refractivity contribution >= 4 is 17.5 Å². The van der Waals surface area contributed by atoms with Crippen LogP contribution >= 0.6 is 0 Å². The Bertz CT molecular complexity index is 688. The number of pyridine rings is 2. The first kappa shape index (κ1) is 17.7. The van der Waals surface area contributed by atoms with Gasteiger partial charge in [-0.25, -0.2) is 4.98 Å². The van der Waals surface area contributed by atoms with Gasteiger partial charge < -0.3 is 10.6 Å². The molecule has 1 atom stereocenters. The third kappa shape index (κ3) is 4.70. The standard InChI is InChI=1S/C18H22N4O2/c1-3-13(7-10-19-2)17(23)15-5-4-6-16(21-15)22-18(24)14-8-11-20-12-9-14/h4-6,8-9,11-13,19H,3,7,10H2,1-2H3,(H,21,22,24). The van der Waals surface area contributed by atoms with Crippen molar-refractivity contribution in [2.24, 2.45) is 5.92 Å². The first-order valence-electron chi connectivity index (χ1n) is 8.03. The topological polar surface area (TPSA) is 84.0 Å². The maximum Gasteiger partial charge on any atom is 0.256 e. The lowest BCUT2D eigenvalue weighted by molar-refractivity contribution is 0.0904. The van der Waals surface area contributed by atoms with Crippen LogP contribution in [-0.4, -0.2) is 35.3 Å². The van der Waals surface area contributed by atoms with Crippen LogP contribution < -0.4 is 10.6 Å². The molecule has 126 valence electrons. The predicted octanol–water partition coefficient (Wildman–Crippen LogP) is 2.55. The minimum absolute atomic E-state index is 0.00719. The average Bonchev–Trinajstić information content (AvgIpc) is 2.63. The highest BCUT2D eigenvalue weighted by molar-refractivity contribution is 6.04. The number of hydrogen-bond acceptors (Lipinski definition) is 5. The Morgan fingerprint density at radius 3 is 2.58 bits per heavy atom. The molecule has 0 spiro atoms. The number of nitrogens with one attached hydrogen (secondary N) is 2. The van der Waals surface area contributed by atoms with Gasteiger partial charge >= 0.3 is 0 Å². The van der Waals surface area contributed by atoms with Crippen molar-refractivity contribution in [2.45, 2.75) is 19.8 Å². The number of Topliss-reactive ketones (excluding diaryl/α,β-unsaturated/α-hetero) is 1. The average molecular weight is 326 g/mol. The quantitative estimate of drug-likeness (QED) is 0.728. The molecule has 2 heterocycles. The van der Waals surface area contributed by atoms with Crippen molar-refractivity contribution in [3.8, 4) is 0 Å². The molecule has 2 N–H and O–H groups in total. The van der Waals surface area contributed by atoms with Gasteiger partial charge in [0.15, 0.2) is 5.78 Å². The van der Waals surface area contributed by atoms with E-state index in [1.807, 2.05) is 14.0 Å². The summed E-state index contributed by atoms with van der Waals surface area (Å²) in [6.45, 7) is 2.77. The molecule has 0 radical (unpaired) electrons. The Labute approximate surface area is 141 Å². The van der Waals surface area contributed by atoms with E-state index >= 15 is 0 Å². The molecule has 2 rings (SSSR count). The first-order chi connectivity index (χ1) is 11.7. The van der Waals surface area contributed by atoms with Gasteiger partial charge in [-0.15, -0.1) is 0 Å². The van der Waals surface area contributed by atoms with E-state index in [1.54, 1.807) is 42.7 Å². The summed E-state index contributed by atoms with van der Waals surface area (Å²) in [7, 11) is 1.87. The Hall–Kier alpha value is -2.60. The Kier molecular flexibility index (Phi) is 6.57. The minimum Gasteiger partial charge on any atom is -0.320 e. The molecule has 1 amide bonds. The van der Waals surface area contributed by atoms with Crippen LogP contribution in [0.15, 0.2) is 42.7 Å². The summed E-state index contributed by atoms with van der Waals surface area (Å²) in [5, 5.41) is 5.77. The maximum absolute atomic E-state index is 12.6. The van der Waals surface area contributed by atoms with Crippen molar-refractivity contribution in [3.63, 3.8) is 0 Å². The first-order valence-corrected chi connectivity index (χ1v) is 8.03. The second kappa shape index (κ2) is 8.88. The van der Waals surface area contributed by atoms with Crippen molar-refractivity contribution in [2.75, 3.05) is 18.9 Å². The number of amides is 1. The molecular formula is C18H22N4O2. The number of rotatable bonds is 8. The summed E-state index contributed by atoms with van der Waals surface area (Å²) in [5.74, 6) is 0.0201. The highest BCUT2D eigenvalue weighted by Gasteiger charge is 2.19. The van der Waals surface area contributed by atoms with Crippen LogP contribution in [0, 0.1) is 5.92 Å². The second-order valence-electron chi connectivity index (χ2n) is 5.46. The predicted molar refractivity (Wildman–Crippen MR) is 93.1 cm³/mol. The normalized spacial score (nSPS) is 11.8. The van der Waals surface area contributed by atoms with Crippen molar-refractivity contribution in [3.05, 3.63) is 54.0 Å². The molecule has 0 aromatic carbocycles. The molecule has 2 aromatic rings. The molecule has 0 bridgehead atoms. The van der Waals surface area contributed by atoms with Gasteiger partial charge in [-0.1, -0.05) is 13.0 Å². The summed E-state index contributed by atoms with van der Waals surface area (Å²) in [6.07, 6.45) is 4.63. The fourth-order valence-electron chi connectivity index (χ4n) is 2.38. The molecule has 0 fully saturated rings. The molecule has 0 aliphatic heterocycles. The zero-order valence-corrected chi connectivity index (χ0v) is 14.0. The summed E-state index contributed by atoms with van der Waals surface area (Å²) in [5.41, 5.74) is 0.870. The lowest BCUT2D eigenvalue weighted by atomic mass is 9.95. The Morgan fingerprint density at radius 1 is 1.17 bits per heavy atom. The van der Waals surface area contributed by atoms with Gasteiger partial charge in [-0.05, 0) is 50.7 Å². The molecule has 6 nitrogen and oxygen atoms in total. The van der Waals surface area contributed by atoms with Gasteiger partial charge in [0.05, 0.1) is 0 Å². The van der Waals surface area contributed by atoms with Crippen LogP contribution in [0.25, 0.3) is 0 Å². The lowest BCUT2D eigenvalue weighted by Crippen LogP contribution is -2.21. The SMILES string of the molecule is CCC(CCNC)C(=O)c1cccc(NC(=O)c2ccncc2)n1. The second-order valence-corrected chi connectivity index (χ2v) is 5.46. The molecule has 24 heavy (non-hydrogen) atoms. The van der Waals surface area contributed by atoms with E-state index in [4.69, 9.17) is 0 Å². The summed E-state index contributed by atoms with van der Waals surface area (Å²) in [4.78, 5) is 32.9. The Morgan fingerprint density at radius 2 is 1.92 bits per heavy atom. The van der Waals surface area contributed by atoms with Gasteiger partial charge in [0.2, 0.25) is 0 Å². The third-order valence-electron chi connectivity index (χ3n) is 3.79. The van der Waals surface area contributed by atoms with Gasteiger partial charge in [-0.2, -0.15) is 0 Å². The van der Waals surface area contributed by atoms with Crippen LogP contribution in [-0.2, 0) is 0 Å². The van der Waals surface area contributed by atoms with Gasteiger partial charge in [0.1, 0.15) is 11.5 Å². The number of anilines is 1. The van der Waals surface area contributed by atoms with Gasteiger partial charge in [0, 0.05) is 23.9 Å². The van der Waals surface area contributed by atoms with Gasteiger partial charge in [0.25, 0.3) is 5.91 Å². The number of ketones is 1. The van der Waals surface area contributed by atoms with Crippen LogP contribution in [0.3, 0.4) is 0 Å². The van der Waals surface area contributed by atoms with Crippen molar-refractivity contribution in [1.82, 2.24) is 15.3 Å². The highest BCUT2D eigenvalue weighted by atomic mass is 16.1. The fraction of sp³-hybridized carbons (Fsp3) is 0.333. The van der Waals surface area contributed by atoms with Crippen LogP contribution in [0.4, 0.5) is 5.82 Å². The molecule has 1 unspecified atom stereocenters.